The predicted molar refractivity (Wildman–Crippen MR) is 103 cm³/mol. The maximum Gasteiger partial charge on any atom is 0.265 e. The molecule has 2 rings (SSSR count). The molecule has 1 atom stereocenters. The third-order valence-electron chi connectivity index (χ3n) is 3.23. The van der Waals surface area contributed by atoms with Crippen molar-refractivity contribution in [2.75, 3.05) is 4.31 Å². The van der Waals surface area contributed by atoms with E-state index >= 15 is 0 Å². The van der Waals surface area contributed by atoms with Crippen molar-refractivity contribution < 1.29 is 13.2 Å². The van der Waals surface area contributed by atoms with Crippen molar-refractivity contribution in [1.29, 1.82) is 0 Å². The smallest absolute Gasteiger partial charge is 0.265 e. The Morgan fingerprint density at radius 2 is 1.52 bits per heavy atom. The van der Waals surface area contributed by atoms with Crippen LogP contribution in [0, 0.1) is 0 Å². The third kappa shape index (κ3) is 4.54. The summed E-state index contributed by atoms with van der Waals surface area (Å²) in [5.74, 6) is 0. The Kier molecular flexibility index (Phi) is 6.52. The number of nitrogens with zero attached hydrogens (tertiary/aromatic N) is 1. The minimum atomic E-state index is -4.20. The highest BCUT2D eigenvalue weighted by atomic mass is 35.5. The lowest BCUT2D eigenvalue weighted by Gasteiger charge is -2.28. The lowest BCUT2D eigenvalue weighted by molar-refractivity contribution is -0.112. The van der Waals surface area contributed by atoms with Gasteiger partial charge in [0.1, 0.15) is 6.04 Å². The van der Waals surface area contributed by atoms with Crippen LogP contribution in [0.4, 0.5) is 5.69 Å². The first-order valence-corrected chi connectivity index (χ1v) is 10.0. The molecule has 0 heterocycles. The molecule has 4 nitrogen and oxygen atoms in total. The topological polar surface area (TPSA) is 54.5 Å². The highest BCUT2D eigenvalue weighted by molar-refractivity contribution is 7.93. The van der Waals surface area contributed by atoms with E-state index in [9.17, 15) is 13.2 Å². The fourth-order valence-corrected chi connectivity index (χ4v) is 4.74. The quantitative estimate of drug-likeness (QED) is 0.541. The molecule has 0 aliphatic heterocycles. The summed E-state index contributed by atoms with van der Waals surface area (Å²) >= 11 is 29.2. The third-order valence-corrected chi connectivity index (χ3v) is 6.62. The summed E-state index contributed by atoms with van der Waals surface area (Å²) in [6, 6.07) is 6.74. The van der Waals surface area contributed by atoms with E-state index in [1.165, 1.54) is 43.3 Å². The van der Waals surface area contributed by atoms with Gasteiger partial charge in [0, 0.05) is 10.0 Å². The molecule has 0 saturated heterocycles. The zero-order chi connectivity index (χ0) is 18.9. The second-order valence-electron chi connectivity index (χ2n) is 4.98. The maximum absolute atomic E-state index is 13.1. The number of rotatable bonds is 5. The molecule has 25 heavy (non-hydrogen) atoms. The molecule has 0 amide bonds. The van der Waals surface area contributed by atoms with Crippen molar-refractivity contribution in [3.63, 3.8) is 0 Å². The van der Waals surface area contributed by atoms with Gasteiger partial charge in [0.25, 0.3) is 10.0 Å². The number of carbonyl (C=O) groups is 1. The van der Waals surface area contributed by atoms with Gasteiger partial charge in [-0.15, -0.1) is 0 Å². The number of sulfonamides is 1. The van der Waals surface area contributed by atoms with Gasteiger partial charge in [-0.2, -0.15) is 0 Å². The minimum Gasteiger partial charge on any atom is -0.279 e. The molecule has 0 spiro atoms. The van der Waals surface area contributed by atoms with E-state index in [1.54, 1.807) is 0 Å². The number of halogens is 5. The Hall–Kier alpha value is -0.690. The Bertz CT molecular complexity index is 913. The zero-order valence-electron chi connectivity index (χ0n) is 12.5. The number of hydrogen-bond acceptors (Lipinski definition) is 3. The summed E-state index contributed by atoms with van der Waals surface area (Å²) in [5, 5.41) is -0.229. The molecule has 0 N–H and O–H groups in total. The van der Waals surface area contributed by atoms with E-state index in [2.05, 4.69) is 0 Å². The molecule has 0 aliphatic carbocycles. The number of carbonyl (C=O) groups excluding carboxylic acids is 1. The second-order valence-corrected chi connectivity index (χ2v) is 8.86. The Morgan fingerprint density at radius 3 is 2.00 bits per heavy atom. The van der Waals surface area contributed by atoms with Crippen LogP contribution < -0.4 is 4.31 Å². The largest absolute Gasteiger partial charge is 0.279 e. The molecule has 0 bridgehead atoms. The van der Waals surface area contributed by atoms with Gasteiger partial charge in [-0.25, -0.2) is 8.42 Å². The summed E-state index contributed by atoms with van der Waals surface area (Å²) < 4.78 is 27.0. The Morgan fingerprint density at radius 1 is 0.960 bits per heavy atom. The molecular weight excluding hydrogens is 452 g/mol. The summed E-state index contributed by atoms with van der Waals surface area (Å²) in [7, 11) is -4.20. The average molecular weight is 462 g/mol. The van der Waals surface area contributed by atoms with Crippen molar-refractivity contribution in [2.45, 2.75) is 17.9 Å². The van der Waals surface area contributed by atoms with Crippen LogP contribution >= 0.6 is 58.0 Å². The normalized spacial score (nSPS) is 12.7. The fraction of sp³-hybridized carbons (Fsp3) is 0.133. The SMILES string of the molecule is CC(C(=O)Cl)N(c1cc(Cl)cc(Cl)c1)S(=O)(=O)c1ccc(Cl)c(Cl)c1. The van der Waals surface area contributed by atoms with Crippen LogP contribution in [0.1, 0.15) is 6.92 Å². The molecule has 2 aromatic carbocycles. The Balaban J connectivity index is 2.69. The first-order chi connectivity index (χ1) is 11.5. The average Bonchev–Trinajstić information content (AvgIpc) is 2.48. The number of hydrogen-bond donors (Lipinski definition) is 0. The molecule has 2 aromatic rings. The van der Waals surface area contributed by atoms with Gasteiger partial charge in [-0.05, 0) is 54.9 Å². The van der Waals surface area contributed by atoms with E-state index < -0.39 is 21.3 Å². The monoisotopic (exact) mass is 459 g/mol. The van der Waals surface area contributed by atoms with Crippen LogP contribution in [-0.4, -0.2) is 19.7 Å². The van der Waals surface area contributed by atoms with Crippen LogP contribution in [0.15, 0.2) is 41.3 Å². The summed E-state index contributed by atoms with van der Waals surface area (Å²) in [5.41, 5.74) is 0.0880. The van der Waals surface area contributed by atoms with Gasteiger partial charge in [0.15, 0.2) is 0 Å². The number of benzene rings is 2. The second kappa shape index (κ2) is 7.91. The standard InChI is InChI=1S/C15H10Cl5NO3S/c1-8(15(20)22)21(11-5-9(16)4-10(17)6-11)25(23,24)12-2-3-13(18)14(19)7-12/h2-8H,1H3. The molecule has 0 radical (unpaired) electrons. The van der Waals surface area contributed by atoms with Crippen LogP contribution in [0.25, 0.3) is 0 Å². The van der Waals surface area contributed by atoms with Gasteiger partial charge in [-0.1, -0.05) is 46.4 Å². The van der Waals surface area contributed by atoms with E-state index in [0.29, 0.717) is 0 Å². The van der Waals surface area contributed by atoms with Crippen molar-refractivity contribution in [2.24, 2.45) is 0 Å². The van der Waals surface area contributed by atoms with Gasteiger partial charge < -0.3 is 0 Å². The fourth-order valence-electron chi connectivity index (χ4n) is 2.08. The molecular formula is C15H10Cl5NO3S. The van der Waals surface area contributed by atoms with Crippen LogP contribution in [0.3, 0.4) is 0 Å². The zero-order valence-corrected chi connectivity index (χ0v) is 17.1. The first-order valence-electron chi connectivity index (χ1n) is 6.69. The summed E-state index contributed by atoms with van der Waals surface area (Å²) in [6.07, 6.45) is 0. The lowest BCUT2D eigenvalue weighted by Crippen LogP contribution is -2.42. The van der Waals surface area contributed by atoms with Crippen LogP contribution in [-0.2, 0) is 14.8 Å². The van der Waals surface area contributed by atoms with Crippen molar-refractivity contribution in [1.82, 2.24) is 0 Å². The highest BCUT2D eigenvalue weighted by Crippen LogP contribution is 2.33. The van der Waals surface area contributed by atoms with E-state index in [4.69, 9.17) is 58.0 Å². The molecule has 0 saturated carbocycles. The lowest BCUT2D eigenvalue weighted by atomic mass is 10.3. The van der Waals surface area contributed by atoms with Crippen molar-refractivity contribution in [3.8, 4) is 0 Å². The van der Waals surface area contributed by atoms with Gasteiger partial charge >= 0.3 is 0 Å². The first kappa shape index (κ1) is 20.6. The van der Waals surface area contributed by atoms with Crippen LogP contribution in [0.5, 0.6) is 0 Å². The Labute approximate surface area is 170 Å². The molecule has 0 fully saturated rings. The summed E-state index contributed by atoms with van der Waals surface area (Å²) in [6.45, 7) is 1.35. The van der Waals surface area contributed by atoms with E-state index in [-0.39, 0.29) is 30.7 Å². The van der Waals surface area contributed by atoms with Crippen LogP contribution in [0.2, 0.25) is 20.1 Å². The maximum atomic E-state index is 13.1. The van der Waals surface area contributed by atoms with Gasteiger partial charge in [0.2, 0.25) is 5.24 Å². The molecule has 1 unspecified atom stereocenters. The molecule has 10 heteroatoms. The van der Waals surface area contributed by atoms with Crippen molar-refractivity contribution >= 4 is 79.0 Å². The van der Waals surface area contributed by atoms with Gasteiger partial charge in [-0.3, -0.25) is 9.10 Å². The minimum absolute atomic E-state index is 0.0525. The van der Waals surface area contributed by atoms with E-state index in [0.717, 1.165) is 4.31 Å². The molecule has 0 aliphatic rings. The highest BCUT2D eigenvalue weighted by Gasteiger charge is 2.33. The van der Waals surface area contributed by atoms with Gasteiger partial charge in [0.05, 0.1) is 20.6 Å². The predicted octanol–water partition coefficient (Wildman–Crippen LogP) is 5.65. The van der Waals surface area contributed by atoms with E-state index in [1.807, 2.05) is 0 Å². The van der Waals surface area contributed by atoms with Crippen molar-refractivity contribution in [3.05, 3.63) is 56.5 Å². The molecule has 0 aromatic heterocycles. The number of anilines is 1. The summed E-state index contributed by atoms with van der Waals surface area (Å²) in [4.78, 5) is 11.5. The molecule has 134 valence electrons.